The third-order valence-electron chi connectivity index (χ3n) is 3.62. The van der Waals surface area contributed by atoms with Crippen LogP contribution < -0.4 is 0 Å². The molecular weight excluding hydrogens is 240 g/mol. The first-order chi connectivity index (χ1) is 8.43. The number of hydrogen-bond acceptors (Lipinski definition) is 4. The fourth-order valence-corrected chi connectivity index (χ4v) is 2.81. The van der Waals surface area contributed by atoms with Gasteiger partial charge in [-0.1, -0.05) is 12.2 Å². The minimum absolute atomic E-state index is 0.0398. The maximum atomic E-state index is 11.2. The van der Waals surface area contributed by atoms with Crippen LogP contribution in [0.15, 0.2) is 12.2 Å². The second kappa shape index (κ2) is 4.70. The molecule has 0 aromatic rings. The number of carboxylic acids is 2. The number of aliphatic hydroxyl groups is 1. The molecule has 0 aromatic carbocycles. The zero-order chi connectivity index (χ0) is 13.3. The molecule has 6 nitrogen and oxygen atoms in total. The van der Waals surface area contributed by atoms with Crippen LogP contribution in [-0.4, -0.2) is 39.1 Å². The van der Waals surface area contributed by atoms with Gasteiger partial charge in [-0.05, 0) is 18.8 Å². The molecule has 0 heterocycles. The SMILES string of the molecule is O=C(O)CCC(O)OC12C=CC(CC1C(=O)O)C2. The Morgan fingerprint density at radius 2 is 2.17 bits per heavy atom. The standard InChI is InChI=1S/C12H16O6/c13-9(14)1-2-10(15)18-12-4-3-7(6-12)5-8(12)11(16)17/h3-4,7-8,10,15H,1-2,5-6H2,(H,13,14)(H,16,17). The molecule has 0 aromatic heterocycles. The molecule has 2 aliphatic rings. The predicted octanol–water partition coefficient (Wildman–Crippen LogP) is 0.606. The summed E-state index contributed by atoms with van der Waals surface area (Å²) in [6.45, 7) is 0. The van der Waals surface area contributed by atoms with Crippen molar-refractivity contribution in [2.75, 3.05) is 0 Å². The molecule has 18 heavy (non-hydrogen) atoms. The molecule has 0 aliphatic heterocycles. The molecule has 3 N–H and O–H groups in total. The Labute approximate surface area is 104 Å². The van der Waals surface area contributed by atoms with Gasteiger partial charge in [-0.3, -0.25) is 9.59 Å². The maximum absolute atomic E-state index is 11.2. The fraction of sp³-hybridized carbons (Fsp3) is 0.667. The minimum Gasteiger partial charge on any atom is -0.481 e. The number of ether oxygens (including phenoxy) is 1. The normalized spacial score (nSPS) is 34.7. The molecule has 4 atom stereocenters. The third-order valence-corrected chi connectivity index (χ3v) is 3.62. The summed E-state index contributed by atoms with van der Waals surface area (Å²) in [6.07, 6.45) is 3.17. The Bertz CT molecular complexity index is 390. The van der Waals surface area contributed by atoms with Gasteiger partial charge in [-0.25, -0.2) is 0 Å². The van der Waals surface area contributed by atoms with Crippen molar-refractivity contribution in [1.82, 2.24) is 0 Å². The van der Waals surface area contributed by atoms with Crippen LogP contribution in [0.2, 0.25) is 0 Å². The number of hydrogen-bond donors (Lipinski definition) is 3. The molecule has 0 amide bonds. The molecule has 0 radical (unpaired) electrons. The molecule has 0 saturated heterocycles. The molecule has 2 aliphatic carbocycles. The van der Waals surface area contributed by atoms with Crippen LogP contribution in [-0.2, 0) is 14.3 Å². The van der Waals surface area contributed by atoms with E-state index in [4.69, 9.17) is 14.9 Å². The monoisotopic (exact) mass is 256 g/mol. The van der Waals surface area contributed by atoms with Gasteiger partial charge in [-0.2, -0.15) is 0 Å². The largest absolute Gasteiger partial charge is 0.481 e. The number of fused-ring (bicyclic) bond motifs is 2. The van der Waals surface area contributed by atoms with Crippen LogP contribution in [0, 0.1) is 11.8 Å². The number of aliphatic carboxylic acids is 2. The van der Waals surface area contributed by atoms with Crippen molar-refractivity contribution in [3.05, 3.63) is 12.2 Å². The predicted molar refractivity (Wildman–Crippen MR) is 59.7 cm³/mol. The van der Waals surface area contributed by atoms with Crippen LogP contribution in [0.25, 0.3) is 0 Å². The second-order valence-electron chi connectivity index (χ2n) is 4.91. The summed E-state index contributed by atoms with van der Waals surface area (Å²) in [6, 6.07) is 0. The van der Waals surface area contributed by atoms with E-state index in [-0.39, 0.29) is 18.8 Å². The maximum Gasteiger partial charge on any atom is 0.309 e. The van der Waals surface area contributed by atoms with Crippen LogP contribution in [0.3, 0.4) is 0 Å². The quantitative estimate of drug-likeness (QED) is 0.475. The van der Waals surface area contributed by atoms with E-state index in [1.165, 1.54) is 0 Å². The van der Waals surface area contributed by atoms with Crippen molar-refractivity contribution < 1.29 is 29.6 Å². The molecule has 100 valence electrons. The highest BCUT2D eigenvalue weighted by Gasteiger charge is 2.54. The summed E-state index contributed by atoms with van der Waals surface area (Å²) in [4.78, 5) is 21.6. The van der Waals surface area contributed by atoms with Crippen molar-refractivity contribution in [3.63, 3.8) is 0 Å². The smallest absolute Gasteiger partial charge is 0.309 e. The Hall–Kier alpha value is -1.40. The third kappa shape index (κ3) is 2.39. The van der Waals surface area contributed by atoms with E-state index in [1.54, 1.807) is 6.08 Å². The van der Waals surface area contributed by atoms with Gasteiger partial charge < -0.3 is 20.1 Å². The van der Waals surface area contributed by atoms with Crippen LogP contribution in [0.1, 0.15) is 25.7 Å². The number of aliphatic hydroxyl groups excluding tert-OH is 1. The summed E-state index contributed by atoms with van der Waals surface area (Å²) < 4.78 is 5.44. The Morgan fingerprint density at radius 3 is 2.72 bits per heavy atom. The van der Waals surface area contributed by atoms with Gasteiger partial charge in [0.2, 0.25) is 0 Å². The lowest BCUT2D eigenvalue weighted by molar-refractivity contribution is -0.191. The molecule has 4 unspecified atom stereocenters. The van der Waals surface area contributed by atoms with E-state index < -0.39 is 29.7 Å². The summed E-state index contributed by atoms with van der Waals surface area (Å²) in [5, 5.41) is 27.3. The van der Waals surface area contributed by atoms with Gasteiger partial charge in [0.15, 0.2) is 6.29 Å². The molecule has 1 fully saturated rings. The molecular formula is C12H16O6. The van der Waals surface area contributed by atoms with Crippen LogP contribution >= 0.6 is 0 Å². The molecule has 6 heteroatoms. The highest BCUT2D eigenvalue weighted by molar-refractivity contribution is 5.73. The number of carboxylic acid groups (broad SMARTS) is 2. The topological polar surface area (TPSA) is 104 Å². The first-order valence-corrected chi connectivity index (χ1v) is 5.93. The Balaban J connectivity index is 2.00. The van der Waals surface area contributed by atoms with E-state index in [1.807, 2.05) is 6.08 Å². The molecule has 2 bridgehead atoms. The first-order valence-electron chi connectivity index (χ1n) is 5.93. The van der Waals surface area contributed by atoms with Crippen LogP contribution in [0.4, 0.5) is 0 Å². The molecule has 0 spiro atoms. The van der Waals surface area contributed by atoms with Crippen LogP contribution in [0.5, 0.6) is 0 Å². The zero-order valence-corrected chi connectivity index (χ0v) is 9.78. The van der Waals surface area contributed by atoms with Gasteiger partial charge >= 0.3 is 11.9 Å². The van der Waals surface area contributed by atoms with E-state index >= 15 is 0 Å². The van der Waals surface area contributed by atoms with Crippen molar-refractivity contribution in [1.29, 1.82) is 0 Å². The summed E-state index contributed by atoms with van der Waals surface area (Å²) in [5.74, 6) is -2.44. The lowest BCUT2D eigenvalue weighted by Gasteiger charge is -2.32. The summed E-state index contributed by atoms with van der Waals surface area (Å²) >= 11 is 0. The van der Waals surface area contributed by atoms with Gasteiger partial charge in [0.05, 0.1) is 12.3 Å². The van der Waals surface area contributed by atoms with Gasteiger partial charge in [0.1, 0.15) is 5.60 Å². The van der Waals surface area contributed by atoms with Crippen molar-refractivity contribution in [3.8, 4) is 0 Å². The molecule has 1 saturated carbocycles. The van der Waals surface area contributed by atoms with E-state index in [0.717, 1.165) is 0 Å². The highest BCUT2D eigenvalue weighted by Crippen LogP contribution is 2.49. The Kier molecular flexibility index (Phi) is 3.41. The van der Waals surface area contributed by atoms with E-state index in [0.29, 0.717) is 12.8 Å². The zero-order valence-electron chi connectivity index (χ0n) is 9.78. The van der Waals surface area contributed by atoms with Crippen molar-refractivity contribution >= 4 is 11.9 Å². The summed E-state index contributed by atoms with van der Waals surface area (Å²) in [5.41, 5.74) is -0.964. The van der Waals surface area contributed by atoms with Gasteiger partial charge in [0, 0.05) is 6.42 Å². The van der Waals surface area contributed by atoms with E-state index in [2.05, 4.69) is 0 Å². The van der Waals surface area contributed by atoms with Crippen molar-refractivity contribution in [2.24, 2.45) is 11.8 Å². The second-order valence-corrected chi connectivity index (χ2v) is 4.91. The average molecular weight is 256 g/mol. The average Bonchev–Trinajstić information content (AvgIpc) is 2.83. The molecule has 2 rings (SSSR count). The van der Waals surface area contributed by atoms with Crippen molar-refractivity contribution in [2.45, 2.75) is 37.6 Å². The fourth-order valence-electron chi connectivity index (χ4n) is 2.81. The van der Waals surface area contributed by atoms with Gasteiger partial charge in [0.25, 0.3) is 0 Å². The summed E-state index contributed by atoms with van der Waals surface area (Å²) in [7, 11) is 0. The lowest BCUT2D eigenvalue weighted by atomic mass is 9.89. The highest BCUT2D eigenvalue weighted by atomic mass is 16.6. The minimum atomic E-state index is -1.25. The number of carbonyl (C=O) groups is 2. The lowest BCUT2D eigenvalue weighted by Crippen LogP contribution is -2.41. The number of allylic oxidation sites excluding steroid dienone is 1. The first kappa shape index (κ1) is 13.0. The number of rotatable bonds is 6. The van der Waals surface area contributed by atoms with Gasteiger partial charge in [-0.15, -0.1) is 0 Å². The van der Waals surface area contributed by atoms with E-state index in [9.17, 15) is 14.7 Å². The Morgan fingerprint density at radius 1 is 1.44 bits per heavy atom.